The Morgan fingerprint density at radius 1 is 1.27 bits per heavy atom. The predicted molar refractivity (Wildman–Crippen MR) is 93.7 cm³/mol. The first-order valence-corrected chi connectivity index (χ1v) is 8.71. The average Bonchev–Trinajstić information content (AvgIpc) is 3.21. The minimum atomic E-state index is -0.0371. The van der Waals surface area contributed by atoms with Crippen molar-refractivity contribution in [1.82, 2.24) is 35.5 Å². The van der Waals surface area contributed by atoms with Gasteiger partial charge in [0.25, 0.3) is 0 Å². The van der Waals surface area contributed by atoms with Crippen molar-refractivity contribution >= 4 is 5.91 Å². The van der Waals surface area contributed by atoms with Crippen LogP contribution in [-0.2, 0) is 17.8 Å². The van der Waals surface area contributed by atoms with Crippen molar-refractivity contribution in [2.45, 2.75) is 38.3 Å². The molecule has 1 atom stereocenters. The van der Waals surface area contributed by atoms with Gasteiger partial charge in [0.05, 0.1) is 12.6 Å². The summed E-state index contributed by atoms with van der Waals surface area (Å²) in [4.78, 5) is 21.5. The highest BCUT2D eigenvalue weighted by atomic mass is 16.1. The Labute approximate surface area is 150 Å². The summed E-state index contributed by atoms with van der Waals surface area (Å²) < 4.78 is 1.55. The van der Waals surface area contributed by atoms with Crippen LogP contribution < -0.4 is 5.32 Å². The molecule has 2 aromatic heterocycles. The number of aryl methyl sites for hydroxylation is 2. The largest absolute Gasteiger partial charge is 0.349 e. The molecule has 1 aliphatic carbocycles. The van der Waals surface area contributed by atoms with Crippen molar-refractivity contribution in [3.8, 4) is 11.4 Å². The number of benzene rings is 1. The van der Waals surface area contributed by atoms with E-state index in [-0.39, 0.29) is 11.9 Å². The summed E-state index contributed by atoms with van der Waals surface area (Å²) >= 11 is 0. The van der Waals surface area contributed by atoms with Crippen molar-refractivity contribution in [2.75, 3.05) is 0 Å². The fourth-order valence-electron chi connectivity index (χ4n) is 3.19. The quantitative estimate of drug-likeness (QED) is 0.753. The minimum Gasteiger partial charge on any atom is -0.349 e. The molecule has 1 aliphatic rings. The van der Waals surface area contributed by atoms with Gasteiger partial charge in [0, 0.05) is 29.4 Å². The number of carbonyl (C=O) groups excluding carboxylic acids is 1. The zero-order chi connectivity index (χ0) is 17.8. The molecule has 8 nitrogen and oxygen atoms in total. The number of tetrazole rings is 1. The molecule has 3 aromatic rings. The van der Waals surface area contributed by atoms with Crippen molar-refractivity contribution < 1.29 is 4.79 Å². The van der Waals surface area contributed by atoms with Gasteiger partial charge in [-0.15, -0.1) is 5.10 Å². The van der Waals surface area contributed by atoms with Gasteiger partial charge in [0.1, 0.15) is 6.33 Å². The number of rotatable bonds is 5. The zero-order valence-electron chi connectivity index (χ0n) is 14.2. The van der Waals surface area contributed by atoms with Crippen LogP contribution in [0.25, 0.3) is 11.4 Å². The molecule has 0 unspecified atom stereocenters. The maximum Gasteiger partial charge on any atom is 0.222 e. The van der Waals surface area contributed by atoms with Crippen LogP contribution in [0.4, 0.5) is 0 Å². The number of nitrogens with one attached hydrogen (secondary N) is 1. The van der Waals surface area contributed by atoms with E-state index >= 15 is 0 Å². The first-order chi connectivity index (χ1) is 12.8. The van der Waals surface area contributed by atoms with Crippen LogP contribution >= 0.6 is 0 Å². The highest BCUT2D eigenvalue weighted by Gasteiger charge is 2.24. The lowest BCUT2D eigenvalue weighted by atomic mass is 9.92. The molecule has 0 bridgehead atoms. The summed E-state index contributed by atoms with van der Waals surface area (Å²) in [5.74, 6) is 0.709. The van der Waals surface area contributed by atoms with Gasteiger partial charge in [-0.25, -0.2) is 14.6 Å². The second kappa shape index (κ2) is 7.38. The van der Waals surface area contributed by atoms with Crippen LogP contribution in [0.2, 0.25) is 0 Å². The first kappa shape index (κ1) is 16.3. The van der Waals surface area contributed by atoms with Crippen molar-refractivity contribution in [1.29, 1.82) is 0 Å². The Bertz CT molecular complexity index is 880. The number of fused-ring (bicyclic) bond motifs is 1. The molecule has 1 N–H and O–H groups in total. The van der Waals surface area contributed by atoms with E-state index in [4.69, 9.17) is 4.98 Å². The molecule has 4 rings (SSSR count). The van der Waals surface area contributed by atoms with E-state index in [1.807, 2.05) is 36.5 Å². The van der Waals surface area contributed by atoms with Gasteiger partial charge >= 0.3 is 0 Å². The summed E-state index contributed by atoms with van der Waals surface area (Å²) in [6, 6.07) is 9.90. The topological polar surface area (TPSA) is 98.5 Å². The molecule has 132 valence electrons. The van der Waals surface area contributed by atoms with Crippen LogP contribution in [-0.4, -0.2) is 36.1 Å². The molecule has 26 heavy (non-hydrogen) atoms. The monoisotopic (exact) mass is 349 g/mol. The SMILES string of the molecule is O=C(CCn1cnnn1)N[C@H]1CCCc2nc(-c3ccccc3)ncc21. The second-order valence-corrected chi connectivity index (χ2v) is 6.30. The van der Waals surface area contributed by atoms with E-state index in [1.54, 1.807) is 4.68 Å². The minimum absolute atomic E-state index is 0.0227. The normalized spacial score (nSPS) is 16.1. The number of amides is 1. The van der Waals surface area contributed by atoms with Gasteiger partial charge in [-0.2, -0.15) is 0 Å². The van der Waals surface area contributed by atoms with E-state index in [9.17, 15) is 4.79 Å². The average molecular weight is 349 g/mol. The van der Waals surface area contributed by atoms with E-state index in [0.29, 0.717) is 13.0 Å². The Hall–Kier alpha value is -3.16. The van der Waals surface area contributed by atoms with Crippen LogP contribution in [0.15, 0.2) is 42.9 Å². The van der Waals surface area contributed by atoms with Gasteiger partial charge in [-0.05, 0) is 29.7 Å². The molecule has 8 heteroatoms. The molecular weight excluding hydrogens is 330 g/mol. The van der Waals surface area contributed by atoms with Crippen LogP contribution in [0.5, 0.6) is 0 Å². The Morgan fingerprint density at radius 3 is 2.96 bits per heavy atom. The Kier molecular flexibility index (Phi) is 4.63. The summed E-state index contributed by atoms with van der Waals surface area (Å²) in [7, 11) is 0. The highest BCUT2D eigenvalue weighted by Crippen LogP contribution is 2.29. The van der Waals surface area contributed by atoms with Crippen molar-refractivity contribution in [3.05, 3.63) is 54.1 Å². The van der Waals surface area contributed by atoms with Gasteiger partial charge < -0.3 is 5.32 Å². The van der Waals surface area contributed by atoms with Gasteiger partial charge in [-0.1, -0.05) is 30.3 Å². The number of nitrogens with zero attached hydrogens (tertiary/aromatic N) is 6. The summed E-state index contributed by atoms with van der Waals surface area (Å²) in [6.07, 6.45) is 6.50. The number of hydrogen-bond donors (Lipinski definition) is 1. The molecular formula is C18H19N7O. The Balaban J connectivity index is 1.46. The van der Waals surface area contributed by atoms with E-state index in [0.717, 1.165) is 41.9 Å². The maximum atomic E-state index is 12.3. The third kappa shape index (κ3) is 3.58. The molecule has 0 fully saturated rings. The number of aromatic nitrogens is 6. The molecule has 0 saturated carbocycles. The fraction of sp³-hybridized carbons (Fsp3) is 0.333. The van der Waals surface area contributed by atoms with Gasteiger partial charge in [0.2, 0.25) is 5.91 Å². The van der Waals surface area contributed by atoms with E-state index in [2.05, 4.69) is 25.8 Å². The van der Waals surface area contributed by atoms with Crippen molar-refractivity contribution in [2.24, 2.45) is 0 Å². The lowest BCUT2D eigenvalue weighted by Crippen LogP contribution is -2.32. The predicted octanol–water partition coefficient (Wildman–Crippen LogP) is 1.71. The van der Waals surface area contributed by atoms with Crippen LogP contribution in [0.1, 0.15) is 36.6 Å². The molecule has 0 saturated heterocycles. The molecule has 1 aromatic carbocycles. The third-order valence-electron chi connectivity index (χ3n) is 4.51. The summed E-state index contributed by atoms with van der Waals surface area (Å²) in [5, 5.41) is 14.0. The fourth-order valence-corrected chi connectivity index (χ4v) is 3.19. The maximum absolute atomic E-state index is 12.3. The lowest BCUT2D eigenvalue weighted by molar-refractivity contribution is -0.122. The molecule has 0 spiro atoms. The first-order valence-electron chi connectivity index (χ1n) is 8.71. The van der Waals surface area contributed by atoms with Crippen molar-refractivity contribution in [3.63, 3.8) is 0 Å². The standard InChI is InChI=1S/C18H19N7O/c26-17(9-10-25-12-20-23-24-25)21-15-7-4-8-16-14(15)11-19-18(22-16)13-5-2-1-3-6-13/h1-3,5-6,11-12,15H,4,7-10H2,(H,21,26)/t15-/m0/s1. The van der Waals surface area contributed by atoms with Crippen LogP contribution in [0, 0.1) is 0 Å². The van der Waals surface area contributed by atoms with E-state index < -0.39 is 0 Å². The third-order valence-corrected chi connectivity index (χ3v) is 4.51. The molecule has 2 heterocycles. The molecule has 1 amide bonds. The lowest BCUT2D eigenvalue weighted by Gasteiger charge is -2.25. The number of hydrogen-bond acceptors (Lipinski definition) is 6. The second-order valence-electron chi connectivity index (χ2n) is 6.30. The van der Waals surface area contributed by atoms with Gasteiger partial charge in [0.15, 0.2) is 5.82 Å². The smallest absolute Gasteiger partial charge is 0.222 e. The van der Waals surface area contributed by atoms with E-state index in [1.165, 1.54) is 6.33 Å². The van der Waals surface area contributed by atoms with Gasteiger partial charge in [-0.3, -0.25) is 4.79 Å². The summed E-state index contributed by atoms with van der Waals surface area (Å²) in [5.41, 5.74) is 3.05. The Morgan fingerprint density at radius 2 is 2.15 bits per heavy atom. The highest BCUT2D eigenvalue weighted by molar-refractivity contribution is 5.76. The zero-order valence-corrected chi connectivity index (χ0v) is 14.2. The molecule has 0 aliphatic heterocycles. The number of carbonyl (C=O) groups is 1. The molecule has 0 radical (unpaired) electrons. The summed E-state index contributed by atoms with van der Waals surface area (Å²) in [6.45, 7) is 0.460. The van der Waals surface area contributed by atoms with Crippen LogP contribution in [0.3, 0.4) is 0 Å².